The zero-order chi connectivity index (χ0) is 26.7. The molecule has 38 heavy (non-hydrogen) atoms. The zero-order valence-electron chi connectivity index (χ0n) is 20.7. The predicted octanol–water partition coefficient (Wildman–Crippen LogP) is 2.60. The summed E-state index contributed by atoms with van der Waals surface area (Å²) in [6, 6.07) is 8.53. The van der Waals surface area contributed by atoms with Gasteiger partial charge in [-0.25, -0.2) is 13.4 Å². The SMILES string of the molecule is CCc1ccc(OCc2ncn[nH]2)c(S(=O)(=O)Nc2noc3cc(Cn4cc(CN)cn4)cc(OC)c23)c1. The van der Waals surface area contributed by atoms with Crippen LogP contribution in [0.5, 0.6) is 11.5 Å². The normalized spacial score (nSPS) is 11.7. The Labute approximate surface area is 218 Å². The molecular formula is C24H26N8O5S. The zero-order valence-corrected chi connectivity index (χ0v) is 21.5. The molecular weight excluding hydrogens is 512 g/mol. The van der Waals surface area contributed by atoms with E-state index in [1.165, 1.54) is 13.4 Å². The van der Waals surface area contributed by atoms with E-state index in [-0.39, 0.29) is 23.1 Å². The average molecular weight is 539 g/mol. The Morgan fingerprint density at radius 3 is 2.74 bits per heavy atom. The van der Waals surface area contributed by atoms with E-state index in [9.17, 15) is 8.42 Å². The Morgan fingerprint density at radius 2 is 2.03 bits per heavy atom. The van der Waals surface area contributed by atoms with Crippen LogP contribution in [0.15, 0.2) is 58.5 Å². The molecule has 0 atom stereocenters. The monoisotopic (exact) mass is 538 g/mol. The largest absolute Gasteiger partial charge is 0.496 e. The van der Waals surface area contributed by atoms with E-state index in [1.807, 2.05) is 13.1 Å². The van der Waals surface area contributed by atoms with E-state index >= 15 is 0 Å². The number of methoxy groups -OCH3 is 1. The highest BCUT2D eigenvalue weighted by molar-refractivity contribution is 7.92. The summed E-state index contributed by atoms with van der Waals surface area (Å²) in [5, 5.41) is 15.1. The number of aromatic amines is 1. The van der Waals surface area contributed by atoms with Crippen molar-refractivity contribution >= 4 is 26.8 Å². The Hall–Kier alpha value is -4.43. The maximum Gasteiger partial charge on any atom is 0.266 e. The van der Waals surface area contributed by atoms with E-state index in [0.717, 1.165) is 16.7 Å². The molecule has 4 N–H and O–H groups in total. The van der Waals surface area contributed by atoms with Gasteiger partial charge in [0.05, 0.1) is 19.9 Å². The smallest absolute Gasteiger partial charge is 0.266 e. The second-order valence-electron chi connectivity index (χ2n) is 8.41. The minimum atomic E-state index is -4.14. The lowest BCUT2D eigenvalue weighted by molar-refractivity contribution is 0.288. The molecule has 0 radical (unpaired) electrons. The molecule has 0 saturated heterocycles. The quantitative estimate of drug-likeness (QED) is 0.226. The lowest BCUT2D eigenvalue weighted by Crippen LogP contribution is -2.15. The molecule has 0 aliphatic heterocycles. The molecule has 0 amide bonds. The molecule has 13 nitrogen and oxygen atoms in total. The fourth-order valence-corrected chi connectivity index (χ4v) is 5.13. The van der Waals surface area contributed by atoms with Crippen LogP contribution in [0, 0.1) is 0 Å². The Balaban J connectivity index is 1.46. The molecule has 0 unspecified atom stereocenters. The molecule has 198 valence electrons. The maximum absolute atomic E-state index is 13.6. The Kier molecular flexibility index (Phi) is 6.98. The number of rotatable bonds is 11. The van der Waals surface area contributed by atoms with Gasteiger partial charge >= 0.3 is 0 Å². The van der Waals surface area contributed by atoms with E-state index < -0.39 is 10.0 Å². The first-order valence-electron chi connectivity index (χ1n) is 11.7. The van der Waals surface area contributed by atoms with E-state index in [2.05, 4.69) is 30.2 Å². The number of nitrogens with zero attached hydrogens (tertiary/aromatic N) is 5. The van der Waals surface area contributed by atoms with Crippen molar-refractivity contribution in [1.29, 1.82) is 0 Å². The molecule has 5 aromatic rings. The lowest BCUT2D eigenvalue weighted by atomic mass is 10.1. The summed E-state index contributed by atoms with van der Waals surface area (Å²) in [5.41, 5.74) is 8.58. The van der Waals surface area contributed by atoms with Gasteiger partial charge in [-0.2, -0.15) is 10.2 Å². The van der Waals surface area contributed by atoms with Crippen molar-refractivity contribution in [1.82, 2.24) is 30.1 Å². The maximum atomic E-state index is 13.6. The van der Waals surface area contributed by atoms with Gasteiger partial charge in [-0.1, -0.05) is 18.1 Å². The van der Waals surface area contributed by atoms with E-state index in [0.29, 0.717) is 42.1 Å². The van der Waals surface area contributed by atoms with Crippen molar-refractivity contribution in [3.8, 4) is 11.5 Å². The van der Waals surface area contributed by atoms with Crippen LogP contribution in [0.25, 0.3) is 11.0 Å². The summed E-state index contributed by atoms with van der Waals surface area (Å²) in [7, 11) is -2.65. The minimum absolute atomic E-state index is 0.00371. The summed E-state index contributed by atoms with van der Waals surface area (Å²) in [6.07, 6.45) is 5.54. The van der Waals surface area contributed by atoms with Gasteiger partial charge in [0.2, 0.25) is 0 Å². The first-order chi connectivity index (χ1) is 18.4. The Morgan fingerprint density at radius 1 is 1.16 bits per heavy atom. The summed E-state index contributed by atoms with van der Waals surface area (Å²) in [6.45, 7) is 2.77. The van der Waals surface area contributed by atoms with Crippen LogP contribution in [0.4, 0.5) is 5.82 Å². The first-order valence-corrected chi connectivity index (χ1v) is 13.2. The molecule has 0 saturated carbocycles. The van der Waals surface area contributed by atoms with Crippen molar-refractivity contribution in [2.75, 3.05) is 11.8 Å². The van der Waals surface area contributed by atoms with Gasteiger partial charge in [-0.15, -0.1) is 0 Å². The second kappa shape index (κ2) is 10.5. The number of fused-ring (bicyclic) bond motifs is 1. The minimum Gasteiger partial charge on any atom is -0.496 e. The molecule has 0 spiro atoms. The third-order valence-electron chi connectivity index (χ3n) is 5.85. The van der Waals surface area contributed by atoms with Gasteiger partial charge in [0.25, 0.3) is 10.0 Å². The lowest BCUT2D eigenvalue weighted by Gasteiger charge is -2.13. The van der Waals surface area contributed by atoms with Gasteiger partial charge in [0.15, 0.2) is 17.2 Å². The highest BCUT2D eigenvalue weighted by Gasteiger charge is 2.25. The number of hydrogen-bond acceptors (Lipinski definition) is 10. The van der Waals surface area contributed by atoms with E-state index in [1.54, 1.807) is 41.2 Å². The van der Waals surface area contributed by atoms with Crippen LogP contribution in [0.2, 0.25) is 0 Å². The number of aryl methyl sites for hydroxylation is 1. The third-order valence-corrected chi connectivity index (χ3v) is 7.21. The van der Waals surface area contributed by atoms with E-state index in [4.69, 9.17) is 19.7 Å². The number of sulfonamides is 1. The van der Waals surface area contributed by atoms with Crippen molar-refractivity contribution in [3.05, 3.63) is 71.6 Å². The predicted molar refractivity (Wildman–Crippen MR) is 137 cm³/mol. The molecule has 5 rings (SSSR count). The molecule has 14 heteroatoms. The van der Waals surface area contributed by atoms with Crippen LogP contribution in [-0.2, 0) is 36.1 Å². The second-order valence-corrected chi connectivity index (χ2v) is 10.1. The molecule has 0 aliphatic carbocycles. The van der Waals surface area contributed by atoms with Gasteiger partial charge < -0.3 is 19.7 Å². The fourth-order valence-electron chi connectivity index (χ4n) is 3.93. The van der Waals surface area contributed by atoms with Crippen LogP contribution in [0.3, 0.4) is 0 Å². The number of nitrogens with two attached hydrogens (primary N) is 1. The van der Waals surface area contributed by atoms with Crippen molar-refractivity contribution in [2.24, 2.45) is 5.73 Å². The van der Waals surface area contributed by atoms with Gasteiger partial charge in [-0.3, -0.25) is 14.5 Å². The number of H-pyrrole nitrogens is 1. The van der Waals surface area contributed by atoms with Crippen LogP contribution < -0.4 is 19.9 Å². The number of anilines is 1. The first kappa shape index (κ1) is 25.2. The summed E-state index contributed by atoms with van der Waals surface area (Å²) < 4.78 is 48.2. The standard InChI is InChI=1S/C24H26N8O5S/c1-3-15-4-5-18(36-13-22-26-14-27-29-22)21(8-15)38(33,34)31-24-23-19(35-2)6-16(7-20(23)37-30-24)11-32-12-17(9-25)10-28-32/h4-8,10,12,14H,3,9,11,13,25H2,1-2H3,(H,30,31)(H,26,27,29). The number of hydrogen-bond donors (Lipinski definition) is 3. The molecule has 0 bridgehead atoms. The number of benzene rings is 2. The molecule has 2 aromatic carbocycles. The van der Waals surface area contributed by atoms with Gasteiger partial charge in [0, 0.05) is 18.3 Å². The van der Waals surface area contributed by atoms with Crippen LogP contribution >= 0.6 is 0 Å². The van der Waals surface area contributed by atoms with Gasteiger partial charge in [0.1, 0.15) is 34.7 Å². The fraction of sp³-hybridized carbons (Fsp3) is 0.250. The molecule has 0 aliphatic rings. The van der Waals surface area contributed by atoms with Crippen LogP contribution in [0.1, 0.15) is 29.4 Å². The average Bonchev–Trinajstić information content (AvgIpc) is 3.69. The van der Waals surface area contributed by atoms with Crippen molar-refractivity contribution < 1.29 is 22.4 Å². The van der Waals surface area contributed by atoms with Crippen molar-refractivity contribution in [2.45, 2.75) is 37.9 Å². The summed E-state index contributed by atoms with van der Waals surface area (Å²) in [4.78, 5) is 3.96. The number of aromatic nitrogens is 6. The third kappa shape index (κ3) is 5.17. The molecule has 3 aromatic heterocycles. The Bertz CT molecular complexity index is 1660. The summed E-state index contributed by atoms with van der Waals surface area (Å²) >= 11 is 0. The topological polar surface area (TPSA) is 176 Å². The van der Waals surface area contributed by atoms with Crippen LogP contribution in [-0.4, -0.2) is 45.6 Å². The highest BCUT2D eigenvalue weighted by Crippen LogP contribution is 2.36. The molecule has 3 heterocycles. The molecule has 0 fully saturated rings. The van der Waals surface area contributed by atoms with Gasteiger partial charge in [-0.05, 0) is 41.8 Å². The van der Waals surface area contributed by atoms with Crippen molar-refractivity contribution in [3.63, 3.8) is 0 Å². The number of ether oxygens (including phenoxy) is 2. The number of nitrogens with one attached hydrogen (secondary N) is 2. The summed E-state index contributed by atoms with van der Waals surface area (Å²) in [5.74, 6) is 1.00. The highest BCUT2D eigenvalue weighted by atomic mass is 32.2.